The Labute approximate surface area is 246 Å². The highest BCUT2D eigenvalue weighted by Crippen LogP contribution is 2.41. The smallest absolute Gasteiger partial charge is 0.161 e. The Hall–Kier alpha value is -3.82. The van der Waals surface area contributed by atoms with E-state index in [1.807, 2.05) is 60.7 Å². The van der Waals surface area contributed by atoms with Crippen LogP contribution >= 0.6 is 0 Å². The monoisotopic (exact) mass is 574 g/mol. The molecule has 5 rings (SSSR count). The summed E-state index contributed by atoms with van der Waals surface area (Å²) in [6.45, 7) is 8.32. The van der Waals surface area contributed by atoms with Crippen molar-refractivity contribution >= 4 is 21.5 Å². The number of allylic oxidation sites excluding steroid dienone is 1. The molecular weight excluding hydrogens is 536 g/mol. The average molecular weight is 575 g/mol. The third-order valence-electron chi connectivity index (χ3n) is 7.12. The van der Waals surface area contributed by atoms with Crippen LogP contribution in [0.4, 0.5) is 0 Å². The molecule has 0 aromatic heterocycles. The summed E-state index contributed by atoms with van der Waals surface area (Å²) in [6, 6.07) is 19.4. The van der Waals surface area contributed by atoms with Gasteiger partial charge >= 0.3 is 0 Å². The number of benzene rings is 4. The van der Waals surface area contributed by atoms with E-state index in [2.05, 4.69) is 6.58 Å². The van der Waals surface area contributed by atoms with Crippen LogP contribution in [0.25, 0.3) is 21.5 Å². The van der Waals surface area contributed by atoms with Gasteiger partial charge in [0, 0.05) is 11.1 Å². The molecule has 0 unspecified atom stereocenters. The zero-order valence-corrected chi connectivity index (χ0v) is 23.8. The molecule has 42 heavy (non-hydrogen) atoms. The molecule has 1 aliphatic heterocycles. The van der Waals surface area contributed by atoms with Gasteiger partial charge in [-0.1, -0.05) is 60.7 Å². The number of aromatic hydroxyl groups is 2. The fourth-order valence-corrected chi connectivity index (χ4v) is 5.09. The summed E-state index contributed by atoms with van der Waals surface area (Å²) >= 11 is 0. The first-order valence-corrected chi connectivity index (χ1v) is 14.3. The van der Waals surface area contributed by atoms with Crippen molar-refractivity contribution in [2.24, 2.45) is 0 Å². The molecule has 4 aromatic rings. The van der Waals surface area contributed by atoms with Crippen molar-refractivity contribution in [1.82, 2.24) is 0 Å². The normalized spacial score (nSPS) is 17.1. The van der Waals surface area contributed by atoms with Crippen LogP contribution in [-0.4, -0.2) is 76.3 Å². The zero-order chi connectivity index (χ0) is 29.1. The van der Waals surface area contributed by atoms with Crippen LogP contribution in [0.1, 0.15) is 11.1 Å². The number of phenols is 2. The lowest BCUT2D eigenvalue weighted by Crippen LogP contribution is -2.14. The molecule has 0 saturated heterocycles. The molecule has 0 atom stereocenters. The molecule has 1 aliphatic rings. The lowest BCUT2D eigenvalue weighted by atomic mass is 9.92. The topological polar surface area (TPSA) is 95.8 Å². The standard InChI is InChI=1S/C34H38O8/c1-24-20-29-27-8-4-2-6-25(27)22-31(33(29)35)41-18-16-39-14-12-37-10-11-38-13-15-40-17-19-42-32-23-26-7-3-5-9-28(26)30(21-24)34(32)36/h2-9,22-23,35-36H,1,10-21H2. The molecule has 0 radical (unpaired) electrons. The summed E-state index contributed by atoms with van der Waals surface area (Å²) in [7, 11) is 0. The van der Waals surface area contributed by atoms with Crippen molar-refractivity contribution in [3.8, 4) is 23.0 Å². The molecule has 1 heterocycles. The number of rotatable bonds is 0. The Balaban J connectivity index is 1.42. The van der Waals surface area contributed by atoms with Gasteiger partial charge in [-0.2, -0.15) is 0 Å². The first kappa shape index (κ1) is 29.7. The summed E-state index contributed by atoms with van der Waals surface area (Å²) in [6.07, 6.45) is 0.790. The predicted octanol–water partition coefficient (Wildman–Crippen LogP) is 5.58. The summed E-state index contributed by atoms with van der Waals surface area (Å²) in [5.74, 6) is 0.944. The third-order valence-corrected chi connectivity index (χ3v) is 7.12. The van der Waals surface area contributed by atoms with Gasteiger partial charge in [0.1, 0.15) is 13.2 Å². The molecule has 4 aromatic carbocycles. The number of fused-ring (bicyclic) bond motifs is 8. The minimum atomic E-state index is 0.0786. The molecule has 0 amide bonds. The number of ether oxygens (including phenoxy) is 6. The SMILES string of the molecule is C=C1Cc2c(O)c(cc3ccccc23)OCCOCCOCCOCCOCCOc2cc3ccccc3c(c2O)C1. The van der Waals surface area contributed by atoms with Crippen LogP contribution in [-0.2, 0) is 31.8 Å². The Morgan fingerprint density at radius 3 is 1.26 bits per heavy atom. The van der Waals surface area contributed by atoms with E-state index in [0.717, 1.165) is 38.2 Å². The Morgan fingerprint density at radius 1 is 0.500 bits per heavy atom. The van der Waals surface area contributed by atoms with Crippen LogP contribution in [0.2, 0.25) is 0 Å². The fourth-order valence-electron chi connectivity index (χ4n) is 5.09. The van der Waals surface area contributed by atoms with Crippen molar-refractivity contribution in [1.29, 1.82) is 0 Å². The van der Waals surface area contributed by atoms with Gasteiger partial charge in [-0.25, -0.2) is 0 Å². The Bertz CT molecular complexity index is 1390. The van der Waals surface area contributed by atoms with E-state index in [1.54, 1.807) is 0 Å². The van der Waals surface area contributed by atoms with E-state index < -0.39 is 0 Å². The van der Waals surface area contributed by atoms with Crippen molar-refractivity contribution in [3.05, 3.63) is 83.9 Å². The summed E-state index contributed by atoms with van der Waals surface area (Å²) in [4.78, 5) is 0. The maximum absolute atomic E-state index is 11.3. The average Bonchev–Trinajstić information content (AvgIpc) is 3.00. The van der Waals surface area contributed by atoms with Crippen LogP contribution in [0.15, 0.2) is 72.8 Å². The number of hydrogen-bond acceptors (Lipinski definition) is 8. The van der Waals surface area contributed by atoms with Crippen molar-refractivity contribution in [2.75, 3.05) is 66.1 Å². The third kappa shape index (κ3) is 7.52. The van der Waals surface area contributed by atoms with E-state index in [1.165, 1.54) is 0 Å². The van der Waals surface area contributed by atoms with Crippen molar-refractivity contribution in [3.63, 3.8) is 0 Å². The van der Waals surface area contributed by atoms with E-state index >= 15 is 0 Å². The fraction of sp³-hybridized carbons (Fsp3) is 0.353. The molecule has 0 spiro atoms. The predicted molar refractivity (Wildman–Crippen MR) is 162 cm³/mol. The lowest BCUT2D eigenvalue weighted by Gasteiger charge is -2.18. The van der Waals surface area contributed by atoms with Crippen molar-refractivity contribution < 1.29 is 38.6 Å². The molecule has 222 valence electrons. The van der Waals surface area contributed by atoms with Gasteiger partial charge in [0.25, 0.3) is 0 Å². The number of hydrogen-bond donors (Lipinski definition) is 2. The van der Waals surface area contributed by atoms with E-state index in [0.29, 0.717) is 77.2 Å². The van der Waals surface area contributed by atoms with Gasteiger partial charge < -0.3 is 38.6 Å². The minimum Gasteiger partial charge on any atom is -0.504 e. The molecule has 0 fully saturated rings. The second kappa shape index (κ2) is 14.9. The van der Waals surface area contributed by atoms with Crippen LogP contribution in [0.3, 0.4) is 0 Å². The molecule has 8 heteroatoms. The van der Waals surface area contributed by atoms with E-state index in [-0.39, 0.29) is 24.7 Å². The van der Waals surface area contributed by atoms with Crippen LogP contribution < -0.4 is 9.47 Å². The van der Waals surface area contributed by atoms with Crippen molar-refractivity contribution in [2.45, 2.75) is 12.8 Å². The van der Waals surface area contributed by atoms with Crippen LogP contribution in [0.5, 0.6) is 23.0 Å². The molecule has 0 saturated carbocycles. The lowest BCUT2D eigenvalue weighted by molar-refractivity contribution is -0.00709. The maximum Gasteiger partial charge on any atom is 0.161 e. The highest BCUT2D eigenvalue weighted by atomic mass is 16.6. The summed E-state index contributed by atoms with van der Waals surface area (Å²) in [5.41, 5.74) is 2.27. The Kier molecular flexibility index (Phi) is 10.5. The van der Waals surface area contributed by atoms with Gasteiger partial charge in [0.2, 0.25) is 0 Å². The van der Waals surface area contributed by atoms with Gasteiger partial charge in [-0.05, 0) is 46.5 Å². The molecule has 8 nitrogen and oxygen atoms in total. The van der Waals surface area contributed by atoms with Gasteiger partial charge in [0.05, 0.1) is 52.9 Å². The quantitative estimate of drug-likeness (QED) is 0.263. The van der Waals surface area contributed by atoms with Crippen LogP contribution in [0, 0.1) is 0 Å². The molecule has 4 bridgehead atoms. The van der Waals surface area contributed by atoms with Gasteiger partial charge in [-0.15, -0.1) is 0 Å². The van der Waals surface area contributed by atoms with Gasteiger partial charge in [-0.3, -0.25) is 0 Å². The largest absolute Gasteiger partial charge is 0.504 e. The Morgan fingerprint density at radius 2 is 0.857 bits per heavy atom. The first-order valence-electron chi connectivity index (χ1n) is 14.3. The minimum absolute atomic E-state index is 0.0786. The second-order valence-corrected chi connectivity index (χ2v) is 10.1. The molecule has 0 aliphatic carbocycles. The highest BCUT2D eigenvalue weighted by molar-refractivity contribution is 5.91. The van der Waals surface area contributed by atoms with E-state index in [9.17, 15) is 10.2 Å². The van der Waals surface area contributed by atoms with E-state index in [4.69, 9.17) is 28.4 Å². The highest BCUT2D eigenvalue weighted by Gasteiger charge is 2.18. The molecule has 2 N–H and O–H groups in total. The first-order chi connectivity index (χ1) is 20.6. The summed E-state index contributed by atoms with van der Waals surface area (Å²) < 4.78 is 34.2. The van der Waals surface area contributed by atoms with Gasteiger partial charge in [0.15, 0.2) is 23.0 Å². The summed E-state index contributed by atoms with van der Waals surface area (Å²) in [5, 5.41) is 26.3. The second-order valence-electron chi connectivity index (χ2n) is 10.1. The number of phenolic OH excluding ortho intramolecular Hbond substituents is 2. The molecular formula is C34H38O8. The maximum atomic E-state index is 11.3. The zero-order valence-electron chi connectivity index (χ0n) is 23.8.